The van der Waals surface area contributed by atoms with E-state index in [1.807, 2.05) is 0 Å². The first-order valence-electron chi connectivity index (χ1n) is 2.67. The SMILES string of the molecule is CNC(=O)c1ncc(N)s1. The molecule has 5 heteroatoms. The maximum Gasteiger partial charge on any atom is 0.280 e. The summed E-state index contributed by atoms with van der Waals surface area (Å²) in [5.74, 6) is -0.193. The van der Waals surface area contributed by atoms with Crippen LogP contribution in [0.3, 0.4) is 0 Å². The third-order valence-corrected chi connectivity index (χ3v) is 1.77. The molecule has 0 saturated heterocycles. The van der Waals surface area contributed by atoms with Gasteiger partial charge in [-0.2, -0.15) is 0 Å². The van der Waals surface area contributed by atoms with E-state index in [0.29, 0.717) is 10.0 Å². The molecule has 0 aromatic carbocycles. The Morgan fingerprint density at radius 2 is 2.60 bits per heavy atom. The second-order valence-corrected chi connectivity index (χ2v) is 2.71. The number of hydrogen-bond acceptors (Lipinski definition) is 4. The fourth-order valence-electron chi connectivity index (χ4n) is 0.498. The molecule has 1 aromatic rings. The normalized spacial score (nSPS) is 9.30. The van der Waals surface area contributed by atoms with Gasteiger partial charge in [0.15, 0.2) is 5.01 Å². The topological polar surface area (TPSA) is 68.0 Å². The van der Waals surface area contributed by atoms with Gasteiger partial charge in [0.05, 0.1) is 6.20 Å². The number of nitrogen functional groups attached to an aromatic ring is 1. The Balaban J connectivity index is 2.85. The number of amides is 1. The van der Waals surface area contributed by atoms with Crippen molar-refractivity contribution in [3.05, 3.63) is 11.2 Å². The third kappa shape index (κ3) is 1.24. The lowest BCUT2D eigenvalue weighted by Gasteiger charge is -1.89. The number of anilines is 1. The molecule has 1 aromatic heterocycles. The fraction of sp³-hybridized carbons (Fsp3) is 0.200. The van der Waals surface area contributed by atoms with Gasteiger partial charge in [0, 0.05) is 7.05 Å². The van der Waals surface area contributed by atoms with E-state index < -0.39 is 0 Å². The molecule has 10 heavy (non-hydrogen) atoms. The largest absolute Gasteiger partial charge is 0.389 e. The smallest absolute Gasteiger partial charge is 0.280 e. The number of rotatable bonds is 1. The van der Waals surface area contributed by atoms with E-state index in [9.17, 15) is 4.79 Å². The Morgan fingerprint density at radius 3 is 3.00 bits per heavy atom. The van der Waals surface area contributed by atoms with E-state index in [4.69, 9.17) is 5.73 Å². The van der Waals surface area contributed by atoms with E-state index in [-0.39, 0.29) is 5.91 Å². The Kier molecular flexibility index (Phi) is 1.86. The van der Waals surface area contributed by atoms with Crippen molar-refractivity contribution in [1.29, 1.82) is 0 Å². The second kappa shape index (κ2) is 2.66. The predicted octanol–water partition coefficient (Wildman–Crippen LogP) is 0.0849. The van der Waals surface area contributed by atoms with Crippen LogP contribution in [0.15, 0.2) is 6.20 Å². The van der Waals surface area contributed by atoms with Crippen LogP contribution in [0.1, 0.15) is 9.80 Å². The van der Waals surface area contributed by atoms with Gasteiger partial charge >= 0.3 is 0 Å². The van der Waals surface area contributed by atoms with Crippen LogP contribution in [0.25, 0.3) is 0 Å². The molecule has 3 N–H and O–H groups in total. The molecule has 0 aliphatic carbocycles. The Labute approximate surface area is 62.1 Å². The lowest BCUT2D eigenvalue weighted by molar-refractivity contribution is 0.0963. The van der Waals surface area contributed by atoms with Crippen LogP contribution >= 0.6 is 11.3 Å². The van der Waals surface area contributed by atoms with Crippen molar-refractivity contribution in [2.75, 3.05) is 12.8 Å². The summed E-state index contributed by atoms with van der Waals surface area (Å²) in [6.45, 7) is 0. The average molecular weight is 157 g/mol. The maximum atomic E-state index is 10.8. The summed E-state index contributed by atoms with van der Waals surface area (Å²) in [6, 6.07) is 0. The minimum Gasteiger partial charge on any atom is -0.389 e. The van der Waals surface area contributed by atoms with Gasteiger partial charge in [0.1, 0.15) is 5.00 Å². The van der Waals surface area contributed by atoms with Gasteiger partial charge in [-0.1, -0.05) is 11.3 Å². The van der Waals surface area contributed by atoms with Crippen LogP contribution in [0, 0.1) is 0 Å². The standard InChI is InChI=1S/C5H7N3OS/c1-7-4(9)5-8-2-3(6)10-5/h2H,6H2,1H3,(H,7,9). The first kappa shape index (κ1) is 7.01. The number of nitrogens with zero attached hydrogens (tertiary/aromatic N) is 1. The molecular formula is C5H7N3OS. The molecular weight excluding hydrogens is 150 g/mol. The summed E-state index contributed by atoms with van der Waals surface area (Å²) in [4.78, 5) is 14.6. The van der Waals surface area contributed by atoms with E-state index >= 15 is 0 Å². The number of carbonyl (C=O) groups excluding carboxylic acids is 1. The van der Waals surface area contributed by atoms with Crippen molar-refractivity contribution in [1.82, 2.24) is 10.3 Å². The summed E-state index contributed by atoms with van der Waals surface area (Å²) in [7, 11) is 1.56. The lowest BCUT2D eigenvalue weighted by Crippen LogP contribution is -2.17. The molecule has 0 unspecified atom stereocenters. The molecule has 1 rings (SSSR count). The monoisotopic (exact) mass is 157 g/mol. The summed E-state index contributed by atoms with van der Waals surface area (Å²) in [5.41, 5.74) is 5.35. The van der Waals surface area contributed by atoms with Crippen molar-refractivity contribution < 1.29 is 4.79 Å². The molecule has 1 heterocycles. The zero-order valence-electron chi connectivity index (χ0n) is 5.42. The number of hydrogen-bond donors (Lipinski definition) is 2. The van der Waals surface area contributed by atoms with Crippen molar-refractivity contribution in [2.45, 2.75) is 0 Å². The summed E-state index contributed by atoms with van der Waals surface area (Å²) in [5, 5.41) is 3.41. The Hall–Kier alpha value is -1.10. The molecule has 1 amide bonds. The molecule has 0 bridgehead atoms. The highest BCUT2D eigenvalue weighted by Gasteiger charge is 2.06. The highest BCUT2D eigenvalue weighted by atomic mass is 32.1. The van der Waals surface area contributed by atoms with Crippen LogP contribution in [0.2, 0.25) is 0 Å². The molecule has 0 fully saturated rings. The summed E-state index contributed by atoms with van der Waals surface area (Å²) < 4.78 is 0. The van der Waals surface area contributed by atoms with Crippen molar-refractivity contribution in [3.8, 4) is 0 Å². The first-order valence-corrected chi connectivity index (χ1v) is 3.49. The van der Waals surface area contributed by atoms with Crippen molar-refractivity contribution in [3.63, 3.8) is 0 Å². The van der Waals surface area contributed by atoms with E-state index in [2.05, 4.69) is 10.3 Å². The number of nitrogens with two attached hydrogens (primary N) is 1. The Bertz CT molecular complexity index is 245. The highest BCUT2D eigenvalue weighted by Crippen LogP contribution is 2.13. The zero-order valence-corrected chi connectivity index (χ0v) is 6.23. The fourth-order valence-corrected chi connectivity index (χ4v) is 1.13. The van der Waals surface area contributed by atoms with Crippen LogP contribution in [0.4, 0.5) is 5.00 Å². The van der Waals surface area contributed by atoms with Gasteiger partial charge in [0.2, 0.25) is 0 Å². The molecule has 0 spiro atoms. The van der Waals surface area contributed by atoms with Crippen LogP contribution in [-0.2, 0) is 0 Å². The van der Waals surface area contributed by atoms with E-state index in [0.717, 1.165) is 0 Å². The van der Waals surface area contributed by atoms with Crippen LogP contribution < -0.4 is 11.1 Å². The van der Waals surface area contributed by atoms with Crippen molar-refractivity contribution in [2.24, 2.45) is 0 Å². The Morgan fingerprint density at radius 1 is 1.90 bits per heavy atom. The molecule has 54 valence electrons. The van der Waals surface area contributed by atoms with Gasteiger partial charge in [0.25, 0.3) is 5.91 Å². The van der Waals surface area contributed by atoms with Gasteiger partial charge in [-0.05, 0) is 0 Å². The van der Waals surface area contributed by atoms with Crippen molar-refractivity contribution >= 4 is 22.2 Å². The van der Waals surface area contributed by atoms with Gasteiger partial charge in [-0.25, -0.2) is 4.98 Å². The van der Waals surface area contributed by atoms with Gasteiger partial charge in [-0.15, -0.1) is 0 Å². The average Bonchev–Trinajstić information content (AvgIpc) is 2.34. The van der Waals surface area contributed by atoms with Crippen LogP contribution in [-0.4, -0.2) is 17.9 Å². The number of aromatic nitrogens is 1. The molecule has 0 aliphatic rings. The lowest BCUT2D eigenvalue weighted by atomic mass is 10.6. The van der Waals surface area contributed by atoms with Gasteiger partial charge in [-0.3, -0.25) is 4.79 Å². The van der Waals surface area contributed by atoms with Gasteiger partial charge < -0.3 is 11.1 Å². The maximum absolute atomic E-state index is 10.8. The van der Waals surface area contributed by atoms with Crippen LogP contribution in [0.5, 0.6) is 0 Å². The molecule has 0 aliphatic heterocycles. The minimum atomic E-state index is -0.193. The summed E-state index contributed by atoms with van der Waals surface area (Å²) >= 11 is 1.18. The number of thiazole rings is 1. The summed E-state index contributed by atoms with van der Waals surface area (Å²) in [6.07, 6.45) is 1.47. The number of carbonyl (C=O) groups is 1. The second-order valence-electron chi connectivity index (χ2n) is 1.65. The molecule has 4 nitrogen and oxygen atoms in total. The predicted molar refractivity (Wildman–Crippen MR) is 39.9 cm³/mol. The highest BCUT2D eigenvalue weighted by molar-refractivity contribution is 7.17. The first-order chi connectivity index (χ1) is 4.74. The minimum absolute atomic E-state index is 0.193. The molecule has 0 saturated carbocycles. The quantitative estimate of drug-likeness (QED) is 0.606. The zero-order chi connectivity index (χ0) is 7.56. The van der Waals surface area contributed by atoms with E-state index in [1.165, 1.54) is 17.5 Å². The molecule has 0 atom stereocenters. The third-order valence-electron chi connectivity index (χ3n) is 0.945. The number of nitrogens with one attached hydrogen (secondary N) is 1. The molecule has 0 radical (unpaired) electrons. The van der Waals surface area contributed by atoms with E-state index in [1.54, 1.807) is 7.05 Å².